The highest BCUT2D eigenvalue weighted by molar-refractivity contribution is 5.79. The number of hydrogen-bond donors (Lipinski definition) is 2. The number of nitrogens with zero attached hydrogens (tertiary/aromatic N) is 2. The van der Waals surface area contributed by atoms with Gasteiger partial charge in [-0.3, -0.25) is 14.5 Å². The molecule has 144 valence electrons. The van der Waals surface area contributed by atoms with Crippen LogP contribution in [0.3, 0.4) is 0 Å². The predicted molar refractivity (Wildman–Crippen MR) is 95.1 cm³/mol. The maximum atomic E-state index is 12.2. The van der Waals surface area contributed by atoms with Crippen LogP contribution < -0.4 is 5.32 Å². The van der Waals surface area contributed by atoms with Crippen molar-refractivity contribution in [1.29, 1.82) is 0 Å². The van der Waals surface area contributed by atoms with Crippen molar-refractivity contribution in [2.45, 2.75) is 58.3 Å². The molecule has 0 aliphatic carbocycles. The van der Waals surface area contributed by atoms with E-state index in [4.69, 9.17) is 4.74 Å². The van der Waals surface area contributed by atoms with E-state index in [-0.39, 0.29) is 29.9 Å². The molecule has 7 nitrogen and oxygen atoms in total. The van der Waals surface area contributed by atoms with Crippen molar-refractivity contribution in [2.75, 3.05) is 39.3 Å². The van der Waals surface area contributed by atoms with Gasteiger partial charge in [0.2, 0.25) is 11.8 Å². The van der Waals surface area contributed by atoms with E-state index in [1.165, 1.54) is 0 Å². The fourth-order valence-electron chi connectivity index (χ4n) is 3.65. The highest BCUT2D eigenvalue weighted by Crippen LogP contribution is 2.18. The van der Waals surface area contributed by atoms with Crippen LogP contribution in [0.1, 0.15) is 40.0 Å². The van der Waals surface area contributed by atoms with Gasteiger partial charge in [-0.15, -0.1) is 0 Å². The number of aliphatic hydroxyl groups is 1. The Morgan fingerprint density at radius 1 is 1.20 bits per heavy atom. The Bertz CT molecular complexity index is 456. The van der Waals surface area contributed by atoms with Crippen LogP contribution in [0.2, 0.25) is 0 Å². The molecule has 0 aromatic carbocycles. The Hall–Kier alpha value is -1.18. The van der Waals surface area contributed by atoms with E-state index >= 15 is 0 Å². The van der Waals surface area contributed by atoms with E-state index in [9.17, 15) is 14.7 Å². The first kappa shape index (κ1) is 20.1. The van der Waals surface area contributed by atoms with E-state index in [0.717, 1.165) is 38.9 Å². The molecule has 3 atom stereocenters. The molecule has 0 aromatic heterocycles. The summed E-state index contributed by atoms with van der Waals surface area (Å²) in [4.78, 5) is 27.8. The second-order valence-electron chi connectivity index (χ2n) is 7.15. The Morgan fingerprint density at radius 3 is 2.56 bits per heavy atom. The molecule has 0 radical (unpaired) electrons. The summed E-state index contributed by atoms with van der Waals surface area (Å²) in [5.74, 6) is 0.114. The maximum Gasteiger partial charge on any atom is 0.223 e. The third kappa shape index (κ3) is 5.39. The van der Waals surface area contributed by atoms with Crippen LogP contribution in [0, 0.1) is 5.92 Å². The van der Waals surface area contributed by atoms with Crippen LogP contribution in [0.5, 0.6) is 0 Å². The molecule has 2 fully saturated rings. The van der Waals surface area contributed by atoms with Crippen LogP contribution in [-0.2, 0) is 14.3 Å². The lowest BCUT2D eigenvalue weighted by atomic mass is 10.0. The van der Waals surface area contributed by atoms with E-state index in [2.05, 4.69) is 10.2 Å². The van der Waals surface area contributed by atoms with E-state index in [1.807, 2.05) is 18.7 Å². The number of rotatable bonds is 6. The third-order valence-electron chi connectivity index (χ3n) is 5.44. The average Bonchev–Trinajstić information content (AvgIpc) is 2.78. The molecule has 2 aliphatic rings. The molecule has 2 heterocycles. The summed E-state index contributed by atoms with van der Waals surface area (Å²) < 4.78 is 5.76. The predicted octanol–water partition coefficient (Wildman–Crippen LogP) is 0.221. The van der Waals surface area contributed by atoms with E-state index in [0.29, 0.717) is 19.7 Å². The highest BCUT2D eigenvalue weighted by atomic mass is 16.5. The number of carbonyl (C=O) groups is 2. The first-order valence-electron chi connectivity index (χ1n) is 9.54. The second kappa shape index (κ2) is 9.50. The molecule has 2 N–H and O–H groups in total. The molecule has 2 saturated heterocycles. The Morgan fingerprint density at radius 2 is 1.92 bits per heavy atom. The summed E-state index contributed by atoms with van der Waals surface area (Å²) in [6.07, 6.45) is 1.55. The van der Waals surface area contributed by atoms with Gasteiger partial charge in [0, 0.05) is 39.0 Å². The van der Waals surface area contributed by atoms with Crippen molar-refractivity contribution in [2.24, 2.45) is 5.92 Å². The molecule has 2 aliphatic heterocycles. The quantitative estimate of drug-likeness (QED) is 0.712. The number of aliphatic hydroxyl groups excluding tert-OH is 1. The van der Waals surface area contributed by atoms with Gasteiger partial charge in [0.05, 0.1) is 18.8 Å². The summed E-state index contributed by atoms with van der Waals surface area (Å²) in [7, 11) is 0. The molecular weight excluding hydrogens is 322 g/mol. The van der Waals surface area contributed by atoms with Crippen molar-refractivity contribution in [3.8, 4) is 0 Å². The van der Waals surface area contributed by atoms with Gasteiger partial charge >= 0.3 is 0 Å². The summed E-state index contributed by atoms with van der Waals surface area (Å²) in [5, 5.41) is 13.5. The average molecular weight is 355 g/mol. The van der Waals surface area contributed by atoms with Gasteiger partial charge in [-0.25, -0.2) is 0 Å². The van der Waals surface area contributed by atoms with Gasteiger partial charge in [0.1, 0.15) is 6.10 Å². The van der Waals surface area contributed by atoms with Gasteiger partial charge in [-0.1, -0.05) is 13.8 Å². The molecule has 0 saturated carbocycles. The van der Waals surface area contributed by atoms with Crippen molar-refractivity contribution in [3.63, 3.8) is 0 Å². The number of nitrogens with one attached hydrogen (secondary N) is 1. The highest BCUT2D eigenvalue weighted by Gasteiger charge is 2.38. The second-order valence-corrected chi connectivity index (χ2v) is 7.15. The maximum absolute atomic E-state index is 12.2. The van der Waals surface area contributed by atoms with Crippen LogP contribution in [0.15, 0.2) is 0 Å². The largest absolute Gasteiger partial charge is 0.388 e. The molecule has 7 heteroatoms. The van der Waals surface area contributed by atoms with Crippen molar-refractivity contribution in [3.05, 3.63) is 0 Å². The zero-order valence-electron chi connectivity index (χ0n) is 15.7. The lowest BCUT2D eigenvalue weighted by Crippen LogP contribution is -2.48. The topological polar surface area (TPSA) is 82.1 Å². The lowest BCUT2D eigenvalue weighted by molar-refractivity contribution is -0.128. The minimum absolute atomic E-state index is 0.00479. The molecule has 2 amide bonds. The van der Waals surface area contributed by atoms with Gasteiger partial charge in [0.25, 0.3) is 0 Å². The Balaban J connectivity index is 1.82. The smallest absolute Gasteiger partial charge is 0.223 e. The minimum Gasteiger partial charge on any atom is -0.388 e. The number of hydrogen-bond acceptors (Lipinski definition) is 5. The molecule has 2 rings (SSSR count). The number of amides is 2. The molecule has 0 spiro atoms. The summed E-state index contributed by atoms with van der Waals surface area (Å²) in [5.41, 5.74) is 0. The van der Waals surface area contributed by atoms with Crippen molar-refractivity contribution in [1.82, 2.24) is 15.1 Å². The first-order chi connectivity index (χ1) is 12.0. The summed E-state index contributed by atoms with van der Waals surface area (Å²) in [6.45, 7) is 9.77. The number of ether oxygens (including phenoxy) is 1. The fourth-order valence-corrected chi connectivity index (χ4v) is 3.65. The molecule has 0 aromatic rings. The SMILES string of the molecule is CCC(CC)C(=O)N[C@H]1CO[C@@H](CN2CCCN(C(C)=O)CC2)[C@@H]1O. The van der Waals surface area contributed by atoms with Crippen LogP contribution >= 0.6 is 0 Å². The van der Waals surface area contributed by atoms with Crippen LogP contribution in [-0.4, -0.2) is 84.3 Å². The van der Waals surface area contributed by atoms with Crippen LogP contribution in [0.25, 0.3) is 0 Å². The van der Waals surface area contributed by atoms with Crippen molar-refractivity contribution < 1.29 is 19.4 Å². The third-order valence-corrected chi connectivity index (χ3v) is 5.44. The van der Waals surface area contributed by atoms with Gasteiger partial charge in [-0.05, 0) is 25.8 Å². The summed E-state index contributed by atoms with van der Waals surface area (Å²) in [6, 6.07) is -0.334. The van der Waals surface area contributed by atoms with Gasteiger partial charge < -0.3 is 20.1 Å². The van der Waals surface area contributed by atoms with Gasteiger partial charge in [0.15, 0.2) is 0 Å². The van der Waals surface area contributed by atoms with E-state index < -0.39 is 6.10 Å². The summed E-state index contributed by atoms with van der Waals surface area (Å²) >= 11 is 0. The first-order valence-corrected chi connectivity index (χ1v) is 9.54. The standard InChI is InChI=1S/C18H33N3O4/c1-4-14(5-2)18(24)19-15-12-25-16(17(15)23)11-20-7-6-8-21(10-9-20)13(3)22/h14-17,23H,4-12H2,1-3H3,(H,19,24)/t15-,16-,17+/m0/s1. The Kier molecular flexibility index (Phi) is 7.65. The van der Waals surface area contributed by atoms with E-state index in [1.54, 1.807) is 6.92 Å². The normalized spacial score (nSPS) is 28.2. The minimum atomic E-state index is -0.689. The van der Waals surface area contributed by atoms with Crippen LogP contribution in [0.4, 0.5) is 0 Å². The zero-order chi connectivity index (χ0) is 18.4. The monoisotopic (exact) mass is 355 g/mol. The van der Waals surface area contributed by atoms with Gasteiger partial charge in [-0.2, -0.15) is 0 Å². The fraction of sp³-hybridized carbons (Fsp3) is 0.889. The molecule has 0 bridgehead atoms. The van der Waals surface area contributed by atoms with Crippen molar-refractivity contribution >= 4 is 11.8 Å². The molecule has 25 heavy (non-hydrogen) atoms. The lowest BCUT2D eigenvalue weighted by Gasteiger charge is -2.26. The molecule has 0 unspecified atom stereocenters. The molecular formula is C18H33N3O4. The zero-order valence-corrected chi connectivity index (χ0v) is 15.7. The Labute approximate surface area is 150 Å². The number of carbonyl (C=O) groups excluding carboxylic acids is 2.